The average molecular weight is 399 g/mol. The molecule has 0 bridgehead atoms. The third kappa shape index (κ3) is 10.1. The van der Waals surface area contributed by atoms with Crippen molar-refractivity contribution >= 4 is 7.69 Å². The van der Waals surface area contributed by atoms with Crippen LogP contribution < -0.4 is 18.8 Å². The van der Waals surface area contributed by atoms with E-state index in [0.717, 1.165) is 37.4 Å². The maximum atomic E-state index is 5.71. The Morgan fingerprint density at radius 2 is 0.931 bits per heavy atom. The fraction of sp³-hybridized carbons (Fsp3) is 0.455. The first kappa shape index (κ1) is 22.9. The van der Waals surface area contributed by atoms with E-state index in [9.17, 15) is 0 Å². The molecule has 0 fully saturated rings. The Morgan fingerprint density at radius 1 is 0.586 bits per heavy atom. The summed E-state index contributed by atoms with van der Waals surface area (Å²) in [6.07, 6.45) is 1.99. The van der Waals surface area contributed by atoms with Gasteiger partial charge in [0.2, 0.25) is 0 Å². The Bertz CT molecular complexity index is 619. The van der Waals surface area contributed by atoms with E-state index in [1.807, 2.05) is 48.5 Å². The minimum absolute atomic E-state index is 0.687. The third-order valence-electron chi connectivity index (χ3n) is 4.05. The molecule has 0 N–H and O–H groups in total. The molecular formula is C22H32BN2O4. The van der Waals surface area contributed by atoms with E-state index in [-0.39, 0.29) is 0 Å². The molecule has 0 aliphatic carbocycles. The van der Waals surface area contributed by atoms with Crippen LogP contribution in [0.2, 0.25) is 0 Å². The van der Waals surface area contributed by atoms with Crippen LogP contribution in [0, 0.1) is 0 Å². The minimum Gasteiger partial charge on any atom is -0.526 e. The molecule has 0 amide bonds. The largest absolute Gasteiger partial charge is 0.658 e. The van der Waals surface area contributed by atoms with Crippen molar-refractivity contribution in [1.29, 1.82) is 0 Å². The zero-order valence-corrected chi connectivity index (χ0v) is 18.0. The molecule has 0 saturated heterocycles. The van der Waals surface area contributed by atoms with Crippen molar-refractivity contribution in [2.45, 2.75) is 12.8 Å². The summed E-state index contributed by atoms with van der Waals surface area (Å²) in [6, 6.07) is 15.0. The van der Waals surface area contributed by atoms with Gasteiger partial charge in [-0.05, 0) is 89.6 Å². The lowest BCUT2D eigenvalue weighted by atomic mass is 10.2. The first-order valence-corrected chi connectivity index (χ1v) is 9.93. The summed E-state index contributed by atoms with van der Waals surface area (Å²) >= 11 is 0. The van der Waals surface area contributed by atoms with Crippen molar-refractivity contribution in [3.8, 4) is 23.0 Å². The molecule has 0 atom stereocenters. The summed E-state index contributed by atoms with van der Waals surface area (Å²) in [4.78, 5) is 4.28. The zero-order valence-electron chi connectivity index (χ0n) is 18.0. The molecule has 0 aliphatic rings. The summed E-state index contributed by atoms with van der Waals surface area (Å²) in [7, 11) is 9.54. The maximum Gasteiger partial charge on any atom is 0.658 e. The van der Waals surface area contributed by atoms with Crippen LogP contribution >= 0.6 is 0 Å². The van der Waals surface area contributed by atoms with Crippen LogP contribution in [-0.2, 0) is 0 Å². The Labute approximate surface area is 175 Å². The molecule has 157 valence electrons. The fourth-order valence-electron chi connectivity index (χ4n) is 2.51. The molecule has 6 nitrogen and oxygen atoms in total. The van der Waals surface area contributed by atoms with Crippen LogP contribution in [0.15, 0.2) is 48.5 Å². The number of benzene rings is 2. The maximum absolute atomic E-state index is 5.71. The van der Waals surface area contributed by atoms with Crippen molar-refractivity contribution in [2.75, 3.05) is 54.5 Å². The SMILES string of the molecule is CN(C)CCCOc1ccc(O[B]Oc2ccc(OCCCN(C)C)cc2)cc1. The van der Waals surface area contributed by atoms with Crippen LogP contribution in [0.1, 0.15) is 12.8 Å². The second-order valence-electron chi connectivity index (χ2n) is 7.29. The number of hydrogen-bond donors (Lipinski definition) is 0. The first-order chi connectivity index (χ1) is 14.0. The summed E-state index contributed by atoms with van der Waals surface area (Å²) in [5.41, 5.74) is 0. The van der Waals surface area contributed by atoms with E-state index < -0.39 is 0 Å². The summed E-state index contributed by atoms with van der Waals surface area (Å²) in [5, 5.41) is 0. The quantitative estimate of drug-likeness (QED) is 0.359. The van der Waals surface area contributed by atoms with Gasteiger partial charge >= 0.3 is 7.69 Å². The van der Waals surface area contributed by atoms with Crippen molar-refractivity contribution in [3.63, 3.8) is 0 Å². The van der Waals surface area contributed by atoms with Gasteiger partial charge in [0.15, 0.2) is 0 Å². The highest BCUT2D eigenvalue weighted by Gasteiger charge is 2.03. The molecule has 2 aromatic rings. The lowest BCUT2D eigenvalue weighted by Crippen LogP contribution is -2.15. The summed E-state index contributed by atoms with van der Waals surface area (Å²) < 4.78 is 22.4. The molecule has 0 unspecified atom stereocenters. The van der Waals surface area contributed by atoms with Gasteiger partial charge in [-0.15, -0.1) is 0 Å². The molecule has 0 saturated carbocycles. The Kier molecular flexibility index (Phi) is 10.2. The highest BCUT2D eigenvalue weighted by Crippen LogP contribution is 2.19. The summed E-state index contributed by atoms with van der Waals surface area (Å²) in [6.45, 7) is 3.42. The van der Waals surface area contributed by atoms with Crippen LogP contribution in [0.3, 0.4) is 0 Å². The topological polar surface area (TPSA) is 43.4 Å². The molecule has 0 aromatic heterocycles. The average Bonchev–Trinajstić information content (AvgIpc) is 2.70. The number of rotatable bonds is 14. The van der Waals surface area contributed by atoms with Gasteiger partial charge < -0.3 is 28.6 Å². The van der Waals surface area contributed by atoms with Crippen LogP contribution in [-0.4, -0.2) is 72.0 Å². The van der Waals surface area contributed by atoms with E-state index in [2.05, 4.69) is 38.0 Å². The number of ether oxygens (including phenoxy) is 2. The lowest BCUT2D eigenvalue weighted by molar-refractivity contribution is 0.281. The van der Waals surface area contributed by atoms with Crippen molar-refractivity contribution < 1.29 is 18.8 Å². The number of hydrogen-bond acceptors (Lipinski definition) is 6. The van der Waals surface area contributed by atoms with Gasteiger partial charge in [0, 0.05) is 13.1 Å². The van der Waals surface area contributed by atoms with Gasteiger partial charge in [-0.3, -0.25) is 0 Å². The monoisotopic (exact) mass is 399 g/mol. The molecule has 7 heteroatoms. The van der Waals surface area contributed by atoms with E-state index in [0.29, 0.717) is 24.7 Å². The smallest absolute Gasteiger partial charge is 0.526 e. The minimum atomic E-state index is 0.687. The highest BCUT2D eigenvalue weighted by molar-refractivity contribution is 6.20. The molecule has 2 rings (SSSR count). The van der Waals surface area contributed by atoms with E-state index in [1.165, 1.54) is 7.69 Å². The second-order valence-corrected chi connectivity index (χ2v) is 7.29. The zero-order chi connectivity index (χ0) is 20.9. The molecule has 0 spiro atoms. The van der Waals surface area contributed by atoms with Crippen LogP contribution in [0.25, 0.3) is 0 Å². The van der Waals surface area contributed by atoms with Gasteiger partial charge in [-0.1, -0.05) is 0 Å². The predicted octanol–water partition coefficient (Wildman–Crippen LogP) is 3.34. The van der Waals surface area contributed by atoms with Gasteiger partial charge in [0.1, 0.15) is 23.0 Å². The molecule has 0 heterocycles. The third-order valence-corrected chi connectivity index (χ3v) is 4.05. The predicted molar refractivity (Wildman–Crippen MR) is 117 cm³/mol. The Balaban J connectivity index is 1.63. The van der Waals surface area contributed by atoms with Crippen molar-refractivity contribution in [3.05, 3.63) is 48.5 Å². The van der Waals surface area contributed by atoms with Gasteiger partial charge in [-0.25, -0.2) is 0 Å². The molecular weight excluding hydrogens is 367 g/mol. The molecule has 0 aliphatic heterocycles. The van der Waals surface area contributed by atoms with Crippen molar-refractivity contribution in [2.24, 2.45) is 0 Å². The summed E-state index contributed by atoms with van der Waals surface area (Å²) in [5.74, 6) is 3.04. The lowest BCUT2D eigenvalue weighted by Gasteiger charge is -2.11. The Hall–Kier alpha value is -2.38. The second kappa shape index (κ2) is 13.0. The van der Waals surface area contributed by atoms with Crippen molar-refractivity contribution in [1.82, 2.24) is 9.80 Å². The van der Waals surface area contributed by atoms with E-state index in [4.69, 9.17) is 18.8 Å². The van der Waals surface area contributed by atoms with E-state index >= 15 is 0 Å². The molecule has 1 radical (unpaired) electrons. The fourth-order valence-corrected chi connectivity index (χ4v) is 2.51. The molecule has 2 aromatic carbocycles. The van der Waals surface area contributed by atoms with E-state index in [1.54, 1.807) is 0 Å². The standard InChI is InChI=1S/C22H32BN2O4/c1-24(2)15-5-17-26-19-7-11-21(12-8-19)28-23-29-22-13-9-20(10-14-22)27-18-6-16-25(3)4/h7-14H,5-6,15-18H2,1-4H3. The van der Waals surface area contributed by atoms with Crippen LogP contribution in [0.5, 0.6) is 23.0 Å². The van der Waals surface area contributed by atoms with Gasteiger partial charge in [0.25, 0.3) is 0 Å². The van der Waals surface area contributed by atoms with Gasteiger partial charge in [-0.2, -0.15) is 0 Å². The first-order valence-electron chi connectivity index (χ1n) is 9.93. The van der Waals surface area contributed by atoms with Crippen LogP contribution in [0.4, 0.5) is 0 Å². The Morgan fingerprint density at radius 3 is 1.28 bits per heavy atom. The highest BCUT2D eigenvalue weighted by atomic mass is 16.6. The van der Waals surface area contributed by atoms with Gasteiger partial charge in [0.05, 0.1) is 13.2 Å². The number of nitrogens with zero attached hydrogens (tertiary/aromatic N) is 2. The normalized spacial score (nSPS) is 10.8. The molecule has 29 heavy (non-hydrogen) atoms.